The predicted molar refractivity (Wildman–Crippen MR) is 168 cm³/mol. The summed E-state index contributed by atoms with van der Waals surface area (Å²) in [6.45, 7) is 10.1. The highest BCUT2D eigenvalue weighted by Crippen LogP contribution is 2.59. The van der Waals surface area contributed by atoms with Crippen molar-refractivity contribution in [1.29, 1.82) is 0 Å². The summed E-state index contributed by atoms with van der Waals surface area (Å²) in [5.74, 6) is -1.24. The summed E-state index contributed by atoms with van der Waals surface area (Å²) >= 11 is 13.0. The summed E-state index contributed by atoms with van der Waals surface area (Å²) in [6, 6.07) is 17.7. The summed E-state index contributed by atoms with van der Waals surface area (Å²) in [5.41, 5.74) is 3.11. The first-order chi connectivity index (χ1) is 19.9. The Morgan fingerprint density at radius 2 is 1.83 bits per heavy atom. The van der Waals surface area contributed by atoms with Gasteiger partial charge in [-0.1, -0.05) is 69.1 Å². The number of carbonyl (C=O) groups is 2. The van der Waals surface area contributed by atoms with Gasteiger partial charge in [0.2, 0.25) is 5.91 Å². The SMILES string of the molecule is CCN1[C@H](C(=O)Nc2ccc(C(=O)O)cc2OC)[C@@H](c2cccc(Cl)c2)[C@@]2(CNc3cc(Cl)ccc32)[C@H]1CC(C)(C)C. The largest absolute Gasteiger partial charge is 0.495 e. The van der Waals surface area contributed by atoms with Crippen molar-refractivity contribution in [3.05, 3.63) is 87.4 Å². The number of halogens is 2. The molecule has 0 unspecified atom stereocenters. The maximum absolute atomic E-state index is 14.6. The average molecular weight is 611 g/mol. The van der Waals surface area contributed by atoms with Crippen LogP contribution in [0.1, 0.15) is 61.5 Å². The van der Waals surface area contributed by atoms with E-state index >= 15 is 0 Å². The number of nitrogens with one attached hydrogen (secondary N) is 2. The first-order valence-electron chi connectivity index (χ1n) is 14.2. The molecule has 1 saturated heterocycles. The van der Waals surface area contributed by atoms with Crippen LogP contribution in [0, 0.1) is 5.41 Å². The predicted octanol–water partition coefficient (Wildman–Crippen LogP) is 7.29. The lowest BCUT2D eigenvalue weighted by molar-refractivity contribution is -0.121. The lowest BCUT2D eigenvalue weighted by Crippen LogP contribution is -2.48. The van der Waals surface area contributed by atoms with Crippen LogP contribution in [0.15, 0.2) is 60.7 Å². The van der Waals surface area contributed by atoms with Gasteiger partial charge >= 0.3 is 5.97 Å². The number of carboxylic acids is 1. The van der Waals surface area contributed by atoms with Crippen LogP contribution in [0.4, 0.5) is 11.4 Å². The molecule has 3 aromatic carbocycles. The molecule has 1 amide bonds. The van der Waals surface area contributed by atoms with Crippen LogP contribution in [-0.4, -0.2) is 54.2 Å². The summed E-state index contributed by atoms with van der Waals surface area (Å²) in [7, 11) is 1.46. The van der Waals surface area contributed by atoms with Crippen LogP contribution in [0.3, 0.4) is 0 Å². The molecule has 2 aliphatic rings. The molecule has 0 aliphatic carbocycles. The molecule has 42 heavy (non-hydrogen) atoms. The molecule has 9 heteroatoms. The number of rotatable bonds is 7. The first kappa shape index (κ1) is 30.2. The smallest absolute Gasteiger partial charge is 0.335 e. The molecule has 0 aromatic heterocycles. The summed E-state index contributed by atoms with van der Waals surface area (Å²) in [6.07, 6.45) is 0.849. The van der Waals surface area contributed by atoms with Crippen LogP contribution in [-0.2, 0) is 10.2 Å². The second kappa shape index (κ2) is 11.4. The van der Waals surface area contributed by atoms with E-state index in [-0.39, 0.29) is 34.6 Å². The van der Waals surface area contributed by atoms with Crippen LogP contribution in [0.25, 0.3) is 0 Å². The molecular formula is C33H37Cl2N3O4. The number of aromatic carboxylic acids is 1. The highest BCUT2D eigenvalue weighted by atomic mass is 35.5. The van der Waals surface area contributed by atoms with Gasteiger partial charge in [0, 0.05) is 39.7 Å². The third-order valence-corrected chi connectivity index (χ3v) is 9.10. The fraction of sp³-hybridized carbons (Fsp3) is 0.394. The average Bonchev–Trinajstić information content (AvgIpc) is 3.43. The maximum atomic E-state index is 14.6. The standard InChI is InChI=1S/C33H37Cl2N3O4/c1-6-38-27(17-32(2,3)4)33(18-36-25-16-22(35)11-12-23(25)33)28(19-8-7-9-21(34)14-19)29(38)30(39)37-24-13-10-20(31(40)41)15-26(24)42-5/h7-16,27-29,36H,6,17-18H2,1-5H3,(H,37,39)(H,40,41)/t27-,28-,29+,33-/m1/s1. The Morgan fingerprint density at radius 1 is 1.10 bits per heavy atom. The molecule has 1 fully saturated rings. The highest BCUT2D eigenvalue weighted by molar-refractivity contribution is 6.31. The number of hydrogen-bond donors (Lipinski definition) is 3. The number of carbonyl (C=O) groups excluding carboxylic acids is 1. The van der Waals surface area contributed by atoms with Gasteiger partial charge in [0.25, 0.3) is 0 Å². The van der Waals surface area contributed by atoms with E-state index in [4.69, 9.17) is 27.9 Å². The van der Waals surface area contributed by atoms with E-state index in [1.54, 1.807) is 6.07 Å². The third-order valence-electron chi connectivity index (χ3n) is 8.63. The molecule has 3 aromatic rings. The fourth-order valence-corrected chi connectivity index (χ4v) is 7.43. The monoisotopic (exact) mass is 609 g/mol. The lowest BCUT2D eigenvalue weighted by Gasteiger charge is -2.41. The van der Waals surface area contributed by atoms with Crippen molar-refractivity contribution < 1.29 is 19.4 Å². The summed E-state index contributed by atoms with van der Waals surface area (Å²) in [4.78, 5) is 28.4. The van der Waals surface area contributed by atoms with Crippen molar-refractivity contribution in [2.24, 2.45) is 5.41 Å². The molecule has 0 bridgehead atoms. The minimum absolute atomic E-state index is 0.00781. The van der Waals surface area contributed by atoms with Crippen LogP contribution < -0.4 is 15.4 Å². The number of carboxylic acid groups (broad SMARTS) is 1. The van der Waals surface area contributed by atoms with Crippen molar-refractivity contribution in [1.82, 2.24) is 4.90 Å². The Hall–Kier alpha value is -3.26. The van der Waals surface area contributed by atoms with Gasteiger partial charge in [-0.05, 0) is 72.0 Å². The zero-order chi connectivity index (χ0) is 30.4. The number of ether oxygens (including phenoxy) is 1. The van der Waals surface area contributed by atoms with Crippen molar-refractivity contribution in [3.8, 4) is 5.75 Å². The number of amides is 1. The Labute approximate surface area is 257 Å². The van der Waals surface area contributed by atoms with Crippen LogP contribution in [0.2, 0.25) is 10.0 Å². The van der Waals surface area contributed by atoms with Gasteiger partial charge in [-0.2, -0.15) is 0 Å². The van der Waals surface area contributed by atoms with Gasteiger partial charge in [-0.3, -0.25) is 9.69 Å². The Balaban J connectivity index is 1.70. The number of benzene rings is 3. The molecule has 3 N–H and O–H groups in total. The minimum Gasteiger partial charge on any atom is -0.495 e. The molecule has 1 spiro atoms. The van der Waals surface area contributed by atoms with Gasteiger partial charge in [-0.15, -0.1) is 0 Å². The number of fused-ring (bicyclic) bond motifs is 2. The lowest BCUT2D eigenvalue weighted by atomic mass is 9.63. The fourth-order valence-electron chi connectivity index (χ4n) is 7.06. The molecule has 2 heterocycles. The number of hydrogen-bond acceptors (Lipinski definition) is 5. The van der Waals surface area contributed by atoms with E-state index in [2.05, 4.69) is 55.4 Å². The van der Waals surface area contributed by atoms with Gasteiger partial charge in [-0.25, -0.2) is 4.79 Å². The zero-order valence-electron chi connectivity index (χ0n) is 24.5. The van der Waals surface area contributed by atoms with Crippen molar-refractivity contribution in [3.63, 3.8) is 0 Å². The normalized spacial score (nSPS) is 23.5. The number of anilines is 2. The maximum Gasteiger partial charge on any atom is 0.335 e. The van der Waals surface area contributed by atoms with Gasteiger partial charge in [0.15, 0.2) is 0 Å². The van der Waals surface area contributed by atoms with E-state index in [0.717, 1.165) is 23.2 Å². The van der Waals surface area contributed by atoms with E-state index in [9.17, 15) is 14.7 Å². The summed E-state index contributed by atoms with van der Waals surface area (Å²) in [5, 5.41) is 17.5. The Bertz CT molecular complexity index is 1520. The number of methoxy groups -OCH3 is 1. The van der Waals surface area contributed by atoms with E-state index in [1.165, 1.54) is 19.2 Å². The van der Waals surface area contributed by atoms with Gasteiger partial charge < -0.3 is 20.5 Å². The molecule has 0 radical (unpaired) electrons. The van der Waals surface area contributed by atoms with Gasteiger partial charge in [0.05, 0.1) is 24.4 Å². The third kappa shape index (κ3) is 5.34. The Morgan fingerprint density at radius 3 is 2.48 bits per heavy atom. The van der Waals surface area contributed by atoms with Crippen LogP contribution >= 0.6 is 23.2 Å². The van der Waals surface area contributed by atoms with Crippen molar-refractivity contribution in [2.45, 2.75) is 57.5 Å². The summed E-state index contributed by atoms with van der Waals surface area (Å²) < 4.78 is 5.49. The Kier molecular flexibility index (Phi) is 8.23. The second-order valence-corrected chi connectivity index (χ2v) is 13.3. The molecule has 5 rings (SSSR count). The molecule has 2 aliphatic heterocycles. The number of likely N-dealkylation sites (N-methyl/N-ethyl adjacent to an activating group) is 1. The van der Waals surface area contributed by atoms with Gasteiger partial charge in [0.1, 0.15) is 5.75 Å². The second-order valence-electron chi connectivity index (χ2n) is 12.4. The molecular weight excluding hydrogens is 573 g/mol. The minimum atomic E-state index is -1.07. The quantitative estimate of drug-likeness (QED) is 0.260. The van der Waals surface area contributed by atoms with E-state index in [1.807, 2.05) is 30.3 Å². The molecule has 7 nitrogen and oxygen atoms in total. The topological polar surface area (TPSA) is 90.9 Å². The first-order valence-corrected chi connectivity index (χ1v) is 14.9. The van der Waals surface area contributed by atoms with E-state index < -0.39 is 17.4 Å². The highest BCUT2D eigenvalue weighted by Gasteiger charge is 2.64. The molecule has 222 valence electrons. The van der Waals surface area contributed by atoms with Crippen molar-refractivity contribution in [2.75, 3.05) is 30.8 Å². The number of likely N-dealkylation sites (tertiary alicyclic amines) is 1. The van der Waals surface area contributed by atoms with Crippen molar-refractivity contribution >= 4 is 46.5 Å². The zero-order valence-corrected chi connectivity index (χ0v) is 26.0. The van der Waals surface area contributed by atoms with E-state index in [0.29, 0.717) is 28.8 Å². The van der Waals surface area contributed by atoms with Crippen LogP contribution in [0.5, 0.6) is 5.75 Å². The molecule has 4 atom stereocenters. The number of nitrogens with zero attached hydrogens (tertiary/aromatic N) is 1. The molecule has 0 saturated carbocycles.